The second-order valence-electron chi connectivity index (χ2n) is 5.02. The molecule has 2 heterocycles. The maximum atomic E-state index is 5.81. The fourth-order valence-electron chi connectivity index (χ4n) is 2.39. The minimum Gasteiger partial charge on any atom is -0.368 e. The van der Waals surface area contributed by atoms with Crippen molar-refractivity contribution >= 4 is 22.7 Å². The summed E-state index contributed by atoms with van der Waals surface area (Å²) in [7, 11) is 0. The lowest BCUT2D eigenvalue weighted by atomic mass is 10.1. The quantitative estimate of drug-likeness (QED) is 0.770. The first kappa shape index (κ1) is 13.3. The van der Waals surface area contributed by atoms with Crippen LogP contribution in [-0.4, -0.2) is 15.0 Å². The second kappa shape index (κ2) is 5.36. The number of fused-ring (bicyclic) bond motifs is 1. The van der Waals surface area contributed by atoms with Crippen LogP contribution in [0.3, 0.4) is 0 Å². The van der Waals surface area contributed by atoms with Gasteiger partial charge in [-0.1, -0.05) is 18.2 Å². The first-order valence-corrected chi connectivity index (χ1v) is 6.85. The van der Waals surface area contributed by atoms with Gasteiger partial charge in [0.1, 0.15) is 5.82 Å². The van der Waals surface area contributed by atoms with Gasteiger partial charge in [0.25, 0.3) is 0 Å². The minimum atomic E-state index is 0.0308. The normalized spacial score (nSPS) is 12.3. The average molecular weight is 279 g/mol. The molecular weight excluding hydrogens is 262 g/mol. The van der Waals surface area contributed by atoms with E-state index in [1.54, 1.807) is 6.20 Å². The second-order valence-corrected chi connectivity index (χ2v) is 5.02. The monoisotopic (exact) mass is 279 g/mol. The summed E-state index contributed by atoms with van der Waals surface area (Å²) in [4.78, 5) is 13.0. The van der Waals surface area contributed by atoms with Crippen LogP contribution in [0.25, 0.3) is 10.9 Å². The van der Waals surface area contributed by atoms with Gasteiger partial charge in [-0.2, -0.15) is 4.98 Å². The highest BCUT2D eigenvalue weighted by Gasteiger charge is 2.12. The van der Waals surface area contributed by atoms with Crippen molar-refractivity contribution in [3.05, 3.63) is 53.9 Å². The molecule has 0 radical (unpaired) electrons. The summed E-state index contributed by atoms with van der Waals surface area (Å²) < 4.78 is 0. The predicted octanol–water partition coefficient (Wildman–Crippen LogP) is 3.09. The third kappa shape index (κ3) is 2.63. The molecule has 5 nitrogen and oxygen atoms in total. The van der Waals surface area contributed by atoms with Crippen LogP contribution in [0.5, 0.6) is 0 Å². The molecule has 2 aromatic heterocycles. The van der Waals surface area contributed by atoms with E-state index < -0.39 is 0 Å². The zero-order valence-corrected chi connectivity index (χ0v) is 12.0. The molecule has 3 aromatic rings. The average Bonchev–Trinajstić information content (AvgIpc) is 2.47. The van der Waals surface area contributed by atoms with Crippen LogP contribution in [0.1, 0.15) is 24.2 Å². The summed E-state index contributed by atoms with van der Waals surface area (Å²) in [6.45, 7) is 4.09. The van der Waals surface area contributed by atoms with Gasteiger partial charge in [0.05, 0.1) is 17.3 Å². The zero-order chi connectivity index (χ0) is 14.8. The highest BCUT2D eigenvalue weighted by molar-refractivity contribution is 5.92. The van der Waals surface area contributed by atoms with Crippen LogP contribution in [0, 0.1) is 6.92 Å². The van der Waals surface area contributed by atoms with E-state index in [-0.39, 0.29) is 12.0 Å². The Bertz CT molecular complexity index is 770. The Balaban J connectivity index is 2.04. The molecule has 0 amide bonds. The Morgan fingerprint density at radius 1 is 1.10 bits per heavy atom. The zero-order valence-electron chi connectivity index (χ0n) is 12.0. The van der Waals surface area contributed by atoms with Crippen LogP contribution in [-0.2, 0) is 0 Å². The number of nitrogens with two attached hydrogens (primary N) is 1. The summed E-state index contributed by atoms with van der Waals surface area (Å²) in [5.41, 5.74) is 8.73. The lowest BCUT2D eigenvalue weighted by Crippen LogP contribution is -2.11. The van der Waals surface area contributed by atoms with Gasteiger partial charge in [-0.3, -0.25) is 4.98 Å². The number of nitrogens with zero attached hydrogens (tertiary/aromatic N) is 3. The number of anilines is 2. The number of hydrogen-bond donors (Lipinski definition) is 2. The highest BCUT2D eigenvalue weighted by atomic mass is 15.1. The third-order valence-electron chi connectivity index (χ3n) is 3.43. The van der Waals surface area contributed by atoms with E-state index in [0.29, 0.717) is 0 Å². The van der Waals surface area contributed by atoms with Gasteiger partial charge in [-0.25, -0.2) is 4.98 Å². The topological polar surface area (TPSA) is 76.7 Å². The van der Waals surface area contributed by atoms with Crippen molar-refractivity contribution in [2.24, 2.45) is 0 Å². The van der Waals surface area contributed by atoms with Crippen LogP contribution >= 0.6 is 0 Å². The van der Waals surface area contributed by atoms with E-state index in [1.165, 1.54) is 0 Å². The lowest BCUT2D eigenvalue weighted by molar-refractivity contribution is 0.833. The van der Waals surface area contributed by atoms with E-state index >= 15 is 0 Å². The van der Waals surface area contributed by atoms with Crippen LogP contribution < -0.4 is 11.1 Å². The van der Waals surface area contributed by atoms with E-state index in [1.807, 2.05) is 50.2 Å². The number of nitrogen functional groups attached to an aromatic ring is 1. The Morgan fingerprint density at radius 2 is 1.95 bits per heavy atom. The molecule has 0 aliphatic heterocycles. The van der Waals surface area contributed by atoms with Crippen molar-refractivity contribution in [1.29, 1.82) is 0 Å². The number of rotatable bonds is 3. The minimum absolute atomic E-state index is 0.0308. The van der Waals surface area contributed by atoms with E-state index in [2.05, 4.69) is 20.3 Å². The van der Waals surface area contributed by atoms with Crippen molar-refractivity contribution in [3.63, 3.8) is 0 Å². The van der Waals surface area contributed by atoms with Gasteiger partial charge >= 0.3 is 0 Å². The molecule has 106 valence electrons. The van der Waals surface area contributed by atoms with Gasteiger partial charge in [0, 0.05) is 11.6 Å². The van der Waals surface area contributed by atoms with Crippen molar-refractivity contribution in [2.75, 3.05) is 11.1 Å². The third-order valence-corrected chi connectivity index (χ3v) is 3.43. The summed E-state index contributed by atoms with van der Waals surface area (Å²) in [5, 5.41) is 4.38. The first-order valence-electron chi connectivity index (χ1n) is 6.85. The molecule has 1 atom stereocenters. The molecule has 0 saturated carbocycles. The Morgan fingerprint density at radius 3 is 2.71 bits per heavy atom. The fourth-order valence-corrected chi connectivity index (χ4v) is 2.39. The van der Waals surface area contributed by atoms with E-state index in [0.717, 1.165) is 28.0 Å². The van der Waals surface area contributed by atoms with Crippen molar-refractivity contribution in [2.45, 2.75) is 19.9 Å². The summed E-state index contributed by atoms with van der Waals surface area (Å²) >= 11 is 0. The van der Waals surface area contributed by atoms with E-state index in [4.69, 9.17) is 5.73 Å². The molecule has 0 fully saturated rings. The van der Waals surface area contributed by atoms with Crippen molar-refractivity contribution < 1.29 is 0 Å². The number of aromatic nitrogens is 3. The lowest BCUT2D eigenvalue weighted by Gasteiger charge is -2.16. The Kier molecular flexibility index (Phi) is 3.39. The molecule has 0 unspecified atom stereocenters. The fraction of sp³-hybridized carbons (Fsp3) is 0.188. The number of nitrogens with one attached hydrogen (secondary N) is 1. The van der Waals surface area contributed by atoms with Crippen LogP contribution in [0.15, 0.2) is 42.6 Å². The molecule has 0 spiro atoms. The highest BCUT2D eigenvalue weighted by Crippen LogP contribution is 2.27. The standard InChI is InChI=1S/C16H17N5/c1-10-6-5-8-13-14(10)15(21-16(17)20-13)19-11(2)12-7-3-4-9-18-12/h3-9,11H,1-2H3,(H3,17,19,20,21)/t11-/m1/s1. The molecule has 21 heavy (non-hydrogen) atoms. The number of pyridine rings is 1. The molecule has 0 aliphatic carbocycles. The summed E-state index contributed by atoms with van der Waals surface area (Å²) in [6.07, 6.45) is 1.78. The Labute approximate surface area is 123 Å². The Hall–Kier alpha value is -2.69. The predicted molar refractivity (Wildman–Crippen MR) is 85.0 cm³/mol. The van der Waals surface area contributed by atoms with E-state index in [9.17, 15) is 0 Å². The maximum Gasteiger partial charge on any atom is 0.222 e. The maximum absolute atomic E-state index is 5.81. The van der Waals surface area contributed by atoms with Crippen molar-refractivity contribution in [3.8, 4) is 0 Å². The van der Waals surface area contributed by atoms with Gasteiger partial charge < -0.3 is 11.1 Å². The van der Waals surface area contributed by atoms with Crippen molar-refractivity contribution in [1.82, 2.24) is 15.0 Å². The van der Waals surface area contributed by atoms with Crippen LogP contribution in [0.2, 0.25) is 0 Å². The largest absolute Gasteiger partial charge is 0.368 e. The number of benzene rings is 1. The SMILES string of the molecule is Cc1cccc2nc(N)nc(N[C@H](C)c3ccccn3)c12. The molecule has 3 rings (SSSR count). The molecule has 3 N–H and O–H groups in total. The summed E-state index contributed by atoms with van der Waals surface area (Å²) in [6, 6.07) is 11.8. The smallest absolute Gasteiger partial charge is 0.222 e. The molecule has 5 heteroatoms. The first-order chi connectivity index (χ1) is 10.1. The molecule has 0 bridgehead atoms. The van der Waals surface area contributed by atoms with Gasteiger partial charge in [0.15, 0.2) is 0 Å². The van der Waals surface area contributed by atoms with Gasteiger partial charge in [-0.05, 0) is 37.6 Å². The number of aryl methyl sites for hydroxylation is 1. The number of hydrogen-bond acceptors (Lipinski definition) is 5. The molecule has 0 saturated heterocycles. The van der Waals surface area contributed by atoms with Gasteiger partial charge in [0.2, 0.25) is 5.95 Å². The molecule has 0 aliphatic rings. The van der Waals surface area contributed by atoms with Crippen LogP contribution in [0.4, 0.5) is 11.8 Å². The molecule has 1 aromatic carbocycles. The molecular formula is C16H17N5. The van der Waals surface area contributed by atoms with Gasteiger partial charge in [-0.15, -0.1) is 0 Å². The summed E-state index contributed by atoms with van der Waals surface area (Å²) in [5.74, 6) is 1.01.